The Morgan fingerprint density at radius 2 is 2.00 bits per heavy atom. The van der Waals surface area contributed by atoms with Crippen LogP contribution in [-0.4, -0.2) is 23.1 Å². The van der Waals surface area contributed by atoms with Crippen molar-refractivity contribution in [3.05, 3.63) is 5.82 Å². The number of fused-ring (bicyclic) bond motifs is 1. The number of nitrogens with zero attached hydrogens (tertiary/aromatic N) is 2. The van der Waals surface area contributed by atoms with Gasteiger partial charge in [-0.15, -0.1) is 0 Å². The lowest BCUT2D eigenvalue weighted by Crippen LogP contribution is -2.42. The predicted molar refractivity (Wildman–Crippen MR) is 70.0 cm³/mol. The number of nitrogens with two attached hydrogens (primary N) is 1. The zero-order valence-electron chi connectivity index (χ0n) is 10.6. The summed E-state index contributed by atoms with van der Waals surface area (Å²) >= 11 is 0. The molecule has 2 atom stereocenters. The Kier molecular flexibility index (Phi) is 2.73. The summed E-state index contributed by atoms with van der Waals surface area (Å²) in [6, 6.07) is 0. The minimum absolute atomic E-state index is 0.733. The molecule has 0 spiro atoms. The van der Waals surface area contributed by atoms with E-state index in [9.17, 15) is 0 Å². The molecule has 1 aromatic rings. The summed E-state index contributed by atoms with van der Waals surface area (Å²) in [6.07, 6.45) is 6.99. The van der Waals surface area contributed by atoms with Gasteiger partial charge in [0.25, 0.3) is 0 Å². The number of hydrogen-bond donors (Lipinski definition) is 2. The number of piperidine rings is 1. The van der Waals surface area contributed by atoms with Crippen LogP contribution in [-0.2, 0) is 0 Å². The van der Waals surface area contributed by atoms with Crippen LogP contribution in [0.3, 0.4) is 0 Å². The Balaban J connectivity index is 1.75. The van der Waals surface area contributed by atoms with Gasteiger partial charge >= 0.3 is 0 Å². The largest absolute Gasteiger partial charge is 0.382 e. The van der Waals surface area contributed by atoms with E-state index in [0.717, 1.165) is 42.4 Å². The molecule has 1 aliphatic heterocycles. The SMILES string of the molecule is Cc1nc(N2CCC3CCCCC3C2)c(N)[nH]1. The third-order valence-corrected chi connectivity index (χ3v) is 4.42. The van der Waals surface area contributed by atoms with E-state index in [4.69, 9.17) is 5.73 Å². The van der Waals surface area contributed by atoms with Crippen LogP contribution in [0.4, 0.5) is 11.6 Å². The lowest BCUT2D eigenvalue weighted by atomic mass is 9.75. The van der Waals surface area contributed by atoms with Crippen LogP contribution >= 0.6 is 0 Å². The van der Waals surface area contributed by atoms with Gasteiger partial charge < -0.3 is 15.6 Å². The van der Waals surface area contributed by atoms with Crippen molar-refractivity contribution in [3.63, 3.8) is 0 Å². The zero-order valence-corrected chi connectivity index (χ0v) is 10.6. The van der Waals surface area contributed by atoms with Crippen LogP contribution < -0.4 is 10.6 Å². The molecule has 1 saturated heterocycles. The molecule has 0 amide bonds. The molecule has 2 heterocycles. The fourth-order valence-corrected chi connectivity index (χ4v) is 3.53. The molecule has 3 N–H and O–H groups in total. The van der Waals surface area contributed by atoms with Gasteiger partial charge in [0.05, 0.1) is 0 Å². The first-order chi connectivity index (χ1) is 8.24. The molecule has 0 radical (unpaired) electrons. The maximum atomic E-state index is 5.98. The molecule has 1 aliphatic carbocycles. The summed E-state index contributed by atoms with van der Waals surface area (Å²) in [5, 5.41) is 0. The quantitative estimate of drug-likeness (QED) is 0.784. The van der Waals surface area contributed by atoms with Crippen molar-refractivity contribution in [2.24, 2.45) is 11.8 Å². The van der Waals surface area contributed by atoms with E-state index >= 15 is 0 Å². The molecule has 0 aromatic carbocycles. The highest BCUT2D eigenvalue weighted by Crippen LogP contribution is 2.37. The summed E-state index contributed by atoms with van der Waals surface area (Å²) in [6.45, 7) is 4.24. The molecule has 0 bridgehead atoms. The van der Waals surface area contributed by atoms with E-state index in [1.165, 1.54) is 32.1 Å². The summed E-state index contributed by atoms with van der Waals surface area (Å²) in [4.78, 5) is 10.00. The number of rotatable bonds is 1. The standard InChI is InChI=1S/C13H22N4/c1-9-15-12(14)13(16-9)17-7-6-10-4-2-3-5-11(10)8-17/h10-11H,2-8,14H2,1H3,(H,15,16). The number of nitrogens with one attached hydrogen (secondary N) is 1. The van der Waals surface area contributed by atoms with E-state index in [-0.39, 0.29) is 0 Å². The van der Waals surface area contributed by atoms with Crippen LogP contribution in [0.1, 0.15) is 37.9 Å². The minimum atomic E-state index is 0.733. The van der Waals surface area contributed by atoms with Gasteiger partial charge in [-0.05, 0) is 31.6 Å². The van der Waals surface area contributed by atoms with Gasteiger partial charge in [-0.2, -0.15) is 0 Å². The van der Waals surface area contributed by atoms with Crippen LogP contribution in [0, 0.1) is 18.8 Å². The van der Waals surface area contributed by atoms with Crippen molar-refractivity contribution in [3.8, 4) is 0 Å². The van der Waals surface area contributed by atoms with Crippen molar-refractivity contribution < 1.29 is 0 Å². The highest BCUT2D eigenvalue weighted by atomic mass is 15.2. The summed E-state index contributed by atoms with van der Waals surface area (Å²) in [7, 11) is 0. The molecule has 2 unspecified atom stereocenters. The Bertz CT molecular complexity index is 398. The van der Waals surface area contributed by atoms with Crippen molar-refractivity contribution in [2.45, 2.75) is 39.0 Å². The van der Waals surface area contributed by atoms with Gasteiger partial charge in [0.15, 0.2) is 5.82 Å². The van der Waals surface area contributed by atoms with Gasteiger partial charge in [-0.25, -0.2) is 4.98 Å². The molecule has 1 saturated carbocycles. The summed E-state index contributed by atoms with van der Waals surface area (Å²) in [5.41, 5.74) is 5.98. The van der Waals surface area contributed by atoms with E-state index in [0.29, 0.717) is 0 Å². The Labute approximate surface area is 103 Å². The average Bonchev–Trinajstić information content (AvgIpc) is 2.68. The molecule has 2 aliphatic rings. The van der Waals surface area contributed by atoms with Crippen LogP contribution in [0.25, 0.3) is 0 Å². The van der Waals surface area contributed by atoms with Crippen molar-refractivity contribution in [1.82, 2.24) is 9.97 Å². The number of hydrogen-bond acceptors (Lipinski definition) is 3. The molecule has 1 aromatic heterocycles. The monoisotopic (exact) mass is 234 g/mol. The third-order valence-electron chi connectivity index (χ3n) is 4.42. The number of aromatic nitrogens is 2. The van der Waals surface area contributed by atoms with Crippen LogP contribution in [0.2, 0.25) is 0 Å². The molecule has 2 fully saturated rings. The van der Waals surface area contributed by atoms with Gasteiger partial charge in [-0.3, -0.25) is 0 Å². The highest BCUT2D eigenvalue weighted by Gasteiger charge is 2.32. The lowest BCUT2D eigenvalue weighted by Gasteiger charge is -2.41. The van der Waals surface area contributed by atoms with Crippen LogP contribution in [0.15, 0.2) is 0 Å². The first-order valence-electron chi connectivity index (χ1n) is 6.81. The second-order valence-electron chi connectivity index (χ2n) is 5.60. The highest BCUT2D eigenvalue weighted by molar-refractivity contribution is 5.59. The van der Waals surface area contributed by atoms with Gasteiger partial charge in [-0.1, -0.05) is 19.3 Å². The molecule has 4 nitrogen and oxygen atoms in total. The molecular weight excluding hydrogens is 212 g/mol. The van der Waals surface area contributed by atoms with Gasteiger partial charge in [0.2, 0.25) is 0 Å². The smallest absolute Gasteiger partial charge is 0.171 e. The average molecular weight is 234 g/mol. The Hall–Kier alpha value is -1.19. The molecule has 17 heavy (non-hydrogen) atoms. The topological polar surface area (TPSA) is 57.9 Å². The molecule has 94 valence electrons. The number of nitrogen functional groups attached to an aromatic ring is 1. The zero-order chi connectivity index (χ0) is 11.8. The van der Waals surface area contributed by atoms with E-state index in [1.807, 2.05) is 6.92 Å². The van der Waals surface area contributed by atoms with Crippen molar-refractivity contribution in [2.75, 3.05) is 23.7 Å². The number of H-pyrrole nitrogens is 1. The first kappa shape index (κ1) is 10.9. The second-order valence-corrected chi connectivity index (χ2v) is 5.60. The second kappa shape index (κ2) is 4.24. The third kappa shape index (κ3) is 2.01. The van der Waals surface area contributed by atoms with Crippen LogP contribution in [0.5, 0.6) is 0 Å². The van der Waals surface area contributed by atoms with Gasteiger partial charge in [0.1, 0.15) is 11.6 Å². The normalized spacial score (nSPS) is 29.1. The lowest BCUT2D eigenvalue weighted by molar-refractivity contribution is 0.202. The first-order valence-corrected chi connectivity index (χ1v) is 6.81. The molecule has 3 rings (SSSR count). The Morgan fingerprint density at radius 3 is 2.71 bits per heavy atom. The fraction of sp³-hybridized carbons (Fsp3) is 0.769. The maximum Gasteiger partial charge on any atom is 0.171 e. The van der Waals surface area contributed by atoms with Crippen molar-refractivity contribution in [1.29, 1.82) is 0 Å². The summed E-state index contributed by atoms with van der Waals surface area (Å²) in [5.74, 6) is 4.46. The van der Waals surface area contributed by atoms with E-state index < -0.39 is 0 Å². The number of aryl methyl sites for hydroxylation is 1. The van der Waals surface area contributed by atoms with Gasteiger partial charge in [0, 0.05) is 13.1 Å². The predicted octanol–water partition coefficient (Wildman–Crippen LogP) is 2.32. The van der Waals surface area contributed by atoms with Crippen molar-refractivity contribution >= 4 is 11.6 Å². The minimum Gasteiger partial charge on any atom is -0.382 e. The number of imidazole rings is 1. The number of aromatic amines is 1. The van der Waals surface area contributed by atoms with E-state index in [2.05, 4.69) is 14.9 Å². The number of anilines is 2. The Morgan fingerprint density at radius 1 is 1.24 bits per heavy atom. The summed E-state index contributed by atoms with van der Waals surface area (Å²) < 4.78 is 0. The fourth-order valence-electron chi connectivity index (χ4n) is 3.53. The molecular formula is C13H22N4. The van der Waals surface area contributed by atoms with E-state index in [1.54, 1.807) is 0 Å². The molecule has 4 heteroatoms. The maximum absolute atomic E-state index is 5.98.